The van der Waals surface area contributed by atoms with Crippen molar-refractivity contribution in [3.8, 4) is 0 Å². The molecule has 0 aliphatic heterocycles. The fraction of sp³-hybridized carbons (Fsp3) is 0.533. The fourth-order valence-electron chi connectivity index (χ4n) is 2.60. The predicted molar refractivity (Wildman–Crippen MR) is 79.3 cm³/mol. The highest BCUT2D eigenvalue weighted by Crippen LogP contribution is 2.40. The van der Waals surface area contributed by atoms with E-state index in [9.17, 15) is 0 Å². The summed E-state index contributed by atoms with van der Waals surface area (Å²) in [5.41, 5.74) is 8.94. The molecule has 1 aromatic heterocycles. The van der Waals surface area contributed by atoms with Crippen molar-refractivity contribution in [1.29, 1.82) is 0 Å². The van der Waals surface area contributed by atoms with Crippen LogP contribution in [0.2, 0.25) is 0 Å². The summed E-state index contributed by atoms with van der Waals surface area (Å²) in [6, 6.07) is 6.08. The minimum absolute atomic E-state index is 0.674. The zero-order valence-electron chi connectivity index (χ0n) is 11.8. The highest BCUT2D eigenvalue weighted by molar-refractivity contribution is 5.79. The minimum Gasteiger partial charge on any atom is -0.399 e. The molecule has 1 fully saturated rings. The van der Waals surface area contributed by atoms with Gasteiger partial charge in [-0.2, -0.15) is 0 Å². The molecule has 1 aliphatic rings. The lowest BCUT2D eigenvalue weighted by atomic mass is 10.2. The summed E-state index contributed by atoms with van der Waals surface area (Å²) >= 11 is 0. The first kappa shape index (κ1) is 12.5. The number of hydrogen-bond acceptors (Lipinski definition) is 3. The molecule has 2 aromatic rings. The molecule has 0 atom stereocenters. The fourth-order valence-corrected chi connectivity index (χ4v) is 2.60. The Labute approximate surface area is 114 Å². The summed E-state index contributed by atoms with van der Waals surface area (Å²) in [5, 5.41) is 0. The van der Waals surface area contributed by atoms with Gasteiger partial charge in [-0.3, -0.25) is 0 Å². The zero-order valence-corrected chi connectivity index (χ0v) is 11.8. The summed E-state index contributed by atoms with van der Waals surface area (Å²) in [6.07, 6.45) is 3.72. The van der Waals surface area contributed by atoms with Crippen LogP contribution in [0, 0.1) is 0 Å². The number of nitrogen functional groups attached to an aromatic ring is 1. The average molecular weight is 258 g/mol. The van der Waals surface area contributed by atoms with Crippen LogP contribution in [0.25, 0.3) is 11.0 Å². The maximum atomic E-state index is 5.86. The van der Waals surface area contributed by atoms with Crippen molar-refractivity contribution in [3.63, 3.8) is 0 Å². The van der Waals surface area contributed by atoms with Crippen molar-refractivity contribution in [3.05, 3.63) is 24.0 Å². The Kier molecular flexibility index (Phi) is 3.19. The summed E-state index contributed by atoms with van der Waals surface area (Å²) in [4.78, 5) is 7.03. The molecule has 0 spiro atoms. The van der Waals surface area contributed by atoms with Crippen molar-refractivity contribution >= 4 is 16.7 Å². The third kappa shape index (κ3) is 2.59. The van der Waals surface area contributed by atoms with Crippen LogP contribution in [0.1, 0.15) is 31.0 Å². The molecule has 0 bridgehead atoms. The van der Waals surface area contributed by atoms with Gasteiger partial charge in [0.15, 0.2) is 0 Å². The number of aryl methyl sites for hydroxylation is 1. The van der Waals surface area contributed by atoms with Crippen LogP contribution in [0.3, 0.4) is 0 Å². The number of imidazole rings is 1. The second kappa shape index (κ2) is 4.85. The van der Waals surface area contributed by atoms with Gasteiger partial charge in [-0.1, -0.05) is 0 Å². The van der Waals surface area contributed by atoms with Crippen LogP contribution < -0.4 is 5.73 Å². The molecule has 2 N–H and O–H groups in total. The lowest BCUT2D eigenvalue weighted by Crippen LogP contribution is -2.15. The molecule has 0 radical (unpaired) electrons. The number of nitrogens with two attached hydrogens (primary N) is 1. The van der Waals surface area contributed by atoms with Gasteiger partial charge in [0.2, 0.25) is 0 Å². The Balaban J connectivity index is 1.92. The standard InChI is InChI=1S/C15H22N4/c1-18(2)8-3-9-19-14-7-6-12(16)10-13(14)17-15(19)11-4-5-11/h6-7,10-11H,3-5,8-9,16H2,1-2H3. The van der Waals surface area contributed by atoms with Crippen LogP contribution >= 0.6 is 0 Å². The van der Waals surface area contributed by atoms with Gasteiger partial charge < -0.3 is 15.2 Å². The van der Waals surface area contributed by atoms with Crippen LogP contribution in [-0.4, -0.2) is 35.1 Å². The maximum absolute atomic E-state index is 5.86. The van der Waals surface area contributed by atoms with Gasteiger partial charge >= 0.3 is 0 Å². The smallest absolute Gasteiger partial charge is 0.112 e. The Bertz CT molecular complexity index is 581. The second-order valence-corrected chi connectivity index (χ2v) is 5.80. The van der Waals surface area contributed by atoms with E-state index in [0.29, 0.717) is 5.92 Å². The van der Waals surface area contributed by atoms with E-state index >= 15 is 0 Å². The Hall–Kier alpha value is -1.55. The van der Waals surface area contributed by atoms with E-state index in [-0.39, 0.29) is 0 Å². The lowest BCUT2D eigenvalue weighted by molar-refractivity contribution is 0.386. The molecule has 1 heterocycles. The van der Waals surface area contributed by atoms with E-state index < -0.39 is 0 Å². The maximum Gasteiger partial charge on any atom is 0.112 e. The minimum atomic E-state index is 0.674. The van der Waals surface area contributed by atoms with Crippen LogP contribution in [0.5, 0.6) is 0 Å². The molecule has 102 valence electrons. The first-order valence-corrected chi connectivity index (χ1v) is 7.05. The molecule has 3 rings (SSSR count). The molecule has 4 heteroatoms. The van der Waals surface area contributed by atoms with E-state index in [4.69, 9.17) is 10.7 Å². The summed E-state index contributed by atoms with van der Waals surface area (Å²) in [5.74, 6) is 1.94. The quantitative estimate of drug-likeness (QED) is 0.838. The molecule has 1 saturated carbocycles. The summed E-state index contributed by atoms with van der Waals surface area (Å²) in [6.45, 7) is 2.16. The number of anilines is 1. The normalized spacial score (nSPS) is 15.5. The number of nitrogens with zero attached hydrogens (tertiary/aromatic N) is 3. The predicted octanol–water partition coefficient (Wildman–Crippen LogP) is 2.45. The van der Waals surface area contributed by atoms with Gasteiger partial charge in [0, 0.05) is 18.2 Å². The van der Waals surface area contributed by atoms with Crippen molar-refractivity contribution in [2.24, 2.45) is 0 Å². The molecular weight excluding hydrogens is 236 g/mol. The molecular formula is C15H22N4. The van der Waals surface area contributed by atoms with Crippen molar-refractivity contribution in [1.82, 2.24) is 14.5 Å². The summed E-state index contributed by atoms with van der Waals surface area (Å²) in [7, 11) is 4.24. The topological polar surface area (TPSA) is 47.1 Å². The molecule has 1 aliphatic carbocycles. The highest BCUT2D eigenvalue weighted by Gasteiger charge is 2.29. The van der Waals surface area contributed by atoms with Gasteiger partial charge in [0.1, 0.15) is 5.82 Å². The van der Waals surface area contributed by atoms with Gasteiger partial charge in [0.25, 0.3) is 0 Å². The van der Waals surface area contributed by atoms with E-state index in [1.54, 1.807) is 0 Å². The number of fused-ring (bicyclic) bond motifs is 1. The zero-order chi connectivity index (χ0) is 13.4. The monoisotopic (exact) mass is 258 g/mol. The van der Waals surface area contributed by atoms with Crippen LogP contribution in [0.15, 0.2) is 18.2 Å². The van der Waals surface area contributed by atoms with Crippen molar-refractivity contribution < 1.29 is 0 Å². The number of hydrogen-bond donors (Lipinski definition) is 1. The molecule has 4 nitrogen and oxygen atoms in total. The van der Waals surface area contributed by atoms with E-state index in [1.807, 2.05) is 12.1 Å². The first-order chi connectivity index (χ1) is 9.15. The largest absolute Gasteiger partial charge is 0.399 e. The second-order valence-electron chi connectivity index (χ2n) is 5.80. The van der Waals surface area contributed by atoms with Crippen molar-refractivity contribution in [2.45, 2.75) is 31.7 Å². The van der Waals surface area contributed by atoms with Crippen LogP contribution in [0.4, 0.5) is 5.69 Å². The average Bonchev–Trinajstić information content (AvgIpc) is 3.13. The molecule has 1 aromatic carbocycles. The van der Waals surface area contributed by atoms with Gasteiger partial charge in [-0.05, 0) is 58.1 Å². The summed E-state index contributed by atoms with van der Waals surface area (Å²) < 4.78 is 2.40. The molecule has 0 amide bonds. The number of aromatic nitrogens is 2. The third-order valence-electron chi connectivity index (χ3n) is 3.73. The SMILES string of the molecule is CN(C)CCCn1c(C2CC2)nc2cc(N)ccc21. The molecule has 0 unspecified atom stereocenters. The number of benzene rings is 1. The Morgan fingerprint density at radius 3 is 2.84 bits per heavy atom. The third-order valence-corrected chi connectivity index (χ3v) is 3.73. The Morgan fingerprint density at radius 1 is 1.37 bits per heavy atom. The molecule has 0 saturated heterocycles. The Morgan fingerprint density at radius 2 is 2.16 bits per heavy atom. The number of rotatable bonds is 5. The highest BCUT2D eigenvalue weighted by atomic mass is 15.1. The first-order valence-electron chi connectivity index (χ1n) is 7.05. The van der Waals surface area contributed by atoms with Crippen LogP contribution in [-0.2, 0) is 6.54 Å². The van der Waals surface area contributed by atoms with E-state index in [0.717, 1.165) is 30.7 Å². The van der Waals surface area contributed by atoms with Gasteiger partial charge in [0.05, 0.1) is 11.0 Å². The van der Waals surface area contributed by atoms with Gasteiger partial charge in [-0.25, -0.2) is 4.98 Å². The van der Waals surface area contributed by atoms with Crippen molar-refractivity contribution in [2.75, 3.05) is 26.4 Å². The van der Waals surface area contributed by atoms with E-state index in [2.05, 4.69) is 29.6 Å². The molecule has 19 heavy (non-hydrogen) atoms. The van der Waals surface area contributed by atoms with Gasteiger partial charge in [-0.15, -0.1) is 0 Å². The van der Waals surface area contributed by atoms with E-state index in [1.165, 1.54) is 24.2 Å². The lowest BCUT2D eigenvalue weighted by Gasteiger charge is -2.12.